The number of piperidine rings is 1. The fourth-order valence-corrected chi connectivity index (χ4v) is 6.99. The molecular weight excluding hydrogens is 555 g/mol. The lowest BCUT2D eigenvalue weighted by Crippen LogP contribution is -2.41. The topological polar surface area (TPSA) is 121 Å². The summed E-state index contributed by atoms with van der Waals surface area (Å²) in [5, 5.41) is 0. The third kappa shape index (κ3) is 8.14. The quantitative estimate of drug-likeness (QED) is 0.286. The van der Waals surface area contributed by atoms with Gasteiger partial charge in [-0.05, 0) is 60.6 Å². The van der Waals surface area contributed by atoms with Crippen LogP contribution < -0.4 is 10.6 Å². The van der Waals surface area contributed by atoms with Crippen LogP contribution in [0.5, 0.6) is 0 Å². The van der Waals surface area contributed by atoms with E-state index >= 15 is 0 Å². The van der Waals surface area contributed by atoms with Gasteiger partial charge in [-0.1, -0.05) is 73.6 Å². The smallest absolute Gasteiger partial charge is 0.266 e. The van der Waals surface area contributed by atoms with E-state index in [2.05, 4.69) is 17.0 Å². The van der Waals surface area contributed by atoms with Gasteiger partial charge in [0.1, 0.15) is 4.32 Å². The summed E-state index contributed by atoms with van der Waals surface area (Å²) < 4.78 is 31.1. The number of nitrogens with zero attached hydrogens (tertiary/aromatic N) is 2. The SMILES string of the molecule is NC(=O)c1ccccc1.O=C1C(=Cc2ccc(N3CCC4CCCCC4C3)cc2)SC(=S)N1CCS(=O)(=O)O. The molecule has 2 atom stereocenters. The van der Waals surface area contributed by atoms with Crippen LogP contribution in [0.15, 0.2) is 59.5 Å². The molecule has 8 nitrogen and oxygen atoms in total. The molecule has 2 heterocycles. The Morgan fingerprint density at radius 3 is 2.33 bits per heavy atom. The van der Waals surface area contributed by atoms with Crippen LogP contribution in [0.3, 0.4) is 0 Å². The van der Waals surface area contributed by atoms with Crippen LogP contribution in [0.1, 0.15) is 48.0 Å². The summed E-state index contributed by atoms with van der Waals surface area (Å²) in [7, 11) is -4.14. The van der Waals surface area contributed by atoms with Crippen LogP contribution in [0.2, 0.25) is 0 Å². The standard InChI is InChI=1S/C21H26N2O4S3.C7H7NO/c24-20-19(29-21(28)23(20)11-12-30(25,26)27)13-15-5-7-18(8-6-15)22-10-9-16-3-1-2-4-17(16)14-22;8-7(9)6-4-2-1-3-5-6/h5-8,13,16-17H,1-4,9-12,14H2,(H,25,26,27);1-5H,(H2,8,9). The zero-order valence-electron chi connectivity index (χ0n) is 21.6. The molecule has 3 aliphatic rings. The van der Waals surface area contributed by atoms with Gasteiger partial charge in [-0.3, -0.25) is 19.0 Å². The van der Waals surface area contributed by atoms with Gasteiger partial charge in [-0.2, -0.15) is 8.42 Å². The molecule has 1 aliphatic carbocycles. The first-order valence-electron chi connectivity index (χ1n) is 13.0. The molecule has 208 valence electrons. The molecule has 0 aromatic heterocycles. The highest BCUT2D eigenvalue weighted by Gasteiger charge is 2.33. The van der Waals surface area contributed by atoms with Crippen LogP contribution in [0.4, 0.5) is 5.69 Å². The molecule has 2 amide bonds. The highest BCUT2D eigenvalue weighted by molar-refractivity contribution is 8.26. The monoisotopic (exact) mass is 587 g/mol. The van der Waals surface area contributed by atoms with Gasteiger partial charge >= 0.3 is 0 Å². The number of hydrogen-bond acceptors (Lipinski definition) is 7. The normalized spacial score (nSPS) is 22.3. The summed E-state index contributed by atoms with van der Waals surface area (Å²) in [6.07, 6.45) is 8.54. The number of thiocarbonyl (C=S) groups is 1. The fraction of sp³-hybridized carbons (Fsp3) is 0.393. The molecule has 0 radical (unpaired) electrons. The summed E-state index contributed by atoms with van der Waals surface area (Å²) in [5.74, 6) is 0.486. The molecule has 0 bridgehead atoms. The van der Waals surface area contributed by atoms with Crippen LogP contribution >= 0.6 is 24.0 Å². The van der Waals surface area contributed by atoms with Crippen molar-refractivity contribution in [3.05, 3.63) is 70.6 Å². The van der Waals surface area contributed by atoms with Crippen molar-refractivity contribution < 1.29 is 22.6 Å². The summed E-state index contributed by atoms with van der Waals surface area (Å²) >= 11 is 6.35. The first kappa shape index (κ1) is 29.3. The number of amides is 2. The summed E-state index contributed by atoms with van der Waals surface area (Å²) in [5.41, 5.74) is 7.65. The van der Waals surface area contributed by atoms with E-state index in [-0.39, 0.29) is 18.4 Å². The highest BCUT2D eigenvalue weighted by Crippen LogP contribution is 2.38. The number of anilines is 1. The Balaban J connectivity index is 0.000000333. The van der Waals surface area contributed by atoms with Gasteiger partial charge in [0.2, 0.25) is 5.91 Å². The lowest BCUT2D eigenvalue weighted by atomic mass is 9.75. The van der Waals surface area contributed by atoms with Crippen LogP contribution in [0.25, 0.3) is 6.08 Å². The number of nitrogens with two attached hydrogens (primary N) is 1. The van der Waals surface area contributed by atoms with Gasteiger partial charge in [-0.25, -0.2) is 0 Å². The van der Waals surface area contributed by atoms with Gasteiger partial charge in [0, 0.05) is 30.9 Å². The van der Waals surface area contributed by atoms with Crippen molar-refractivity contribution in [3.63, 3.8) is 0 Å². The lowest BCUT2D eigenvalue weighted by molar-refractivity contribution is -0.121. The largest absolute Gasteiger partial charge is 0.371 e. The van der Waals surface area contributed by atoms with E-state index in [0.717, 1.165) is 42.3 Å². The number of primary amides is 1. The number of hydrogen-bond donors (Lipinski definition) is 2. The van der Waals surface area contributed by atoms with E-state index in [1.54, 1.807) is 30.3 Å². The average molecular weight is 588 g/mol. The van der Waals surface area contributed by atoms with Gasteiger partial charge in [0.05, 0.1) is 10.7 Å². The number of thioether (sulfide) groups is 1. The molecule has 3 N–H and O–H groups in total. The highest BCUT2D eigenvalue weighted by atomic mass is 32.2. The van der Waals surface area contributed by atoms with Crippen molar-refractivity contribution in [2.45, 2.75) is 32.1 Å². The molecule has 3 fully saturated rings. The second kappa shape index (κ2) is 13.1. The van der Waals surface area contributed by atoms with Crippen molar-refractivity contribution in [1.29, 1.82) is 0 Å². The minimum atomic E-state index is -4.14. The molecule has 1 saturated carbocycles. The van der Waals surface area contributed by atoms with E-state index < -0.39 is 15.9 Å². The average Bonchev–Trinajstić information content (AvgIpc) is 3.19. The first-order chi connectivity index (χ1) is 18.6. The van der Waals surface area contributed by atoms with Gasteiger partial charge in [-0.15, -0.1) is 0 Å². The molecule has 11 heteroatoms. The molecule has 5 rings (SSSR count). The maximum atomic E-state index is 12.5. The second-order valence-corrected chi connectivity index (χ2v) is 13.2. The number of benzene rings is 2. The summed E-state index contributed by atoms with van der Waals surface area (Å²) in [6.45, 7) is 2.10. The number of carbonyl (C=O) groups excluding carboxylic acids is 2. The Kier molecular flexibility index (Phi) is 9.81. The van der Waals surface area contributed by atoms with Gasteiger partial charge in [0.15, 0.2) is 0 Å². The molecule has 2 aliphatic heterocycles. The van der Waals surface area contributed by atoms with Crippen molar-refractivity contribution in [2.24, 2.45) is 17.6 Å². The predicted octanol–water partition coefficient (Wildman–Crippen LogP) is 4.58. The molecule has 2 aromatic rings. The van der Waals surface area contributed by atoms with Crippen molar-refractivity contribution in [2.75, 3.05) is 30.3 Å². The minimum absolute atomic E-state index is 0.142. The van der Waals surface area contributed by atoms with E-state index in [1.165, 1.54) is 42.7 Å². The predicted molar refractivity (Wildman–Crippen MR) is 160 cm³/mol. The number of fused-ring (bicyclic) bond motifs is 1. The van der Waals surface area contributed by atoms with Crippen LogP contribution in [-0.4, -0.2) is 59.4 Å². The van der Waals surface area contributed by atoms with E-state index in [0.29, 0.717) is 14.8 Å². The molecule has 2 unspecified atom stereocenters. The fourth-order valence-electron chi connectivity index (χ4n) is 5.27. The minimum Gasteiger partial charge on any atom is -0.371 e. The zero-order valence-corrected chi connectivity index (χ0v) is 24.0. The van der Waals surface area contributed by atoms with Crippen molar-refractivity contribution >= 4 is 62.0 Å². The Hall–Kier alpha value is -2.73. The summed E-state index contributed by atoms with van der Waals surface area (Å²) in [4.78, 5) is 27.1. The third-order valence-electron chi connectivity index (χ3n) is 7.35. The van der Waals surface area contributed by atoms with Gasteiger partial charge < -0.3 is 10.6 Å². The molecule has 2 saturated heterocycles. The Labute approximate surface area is 239 Å². The molecule has 2 aromatic carbocycles. The lowest BCUT2D eigenvalue weighted by Gasteiger charge is -2.42. The van der Waals surface area contributed by atoms with Crippen molar-refractivity contribution in [3.8, 4) is 0 Å². The molecular formula is C28H33N3O5S3. The first-order valence-corrected chi connectivity index (χ1v) is 15.8. The third-order valence-corrected chi connectivity index (χ3v) is 9.43. The number of carbonyl (C=O) groups is 2. The Morgan fingerprint density at radius 1 is 1.05 bits per heavy atom. The maximum absolute atomic E-state index is 12.5. The summed E-state index contributed by atoms with van der Waals surface area (Å²) in [6, 6.07) is 17.0. The number of rotatable bonds is 6. The van der Waals surface area contributed by atoms with E-state index in [1.807, 2.05) is 18.2 Å². The maximum Gasteiger partial charge on any atom is 0.266 e. The Bertz CT molecular complexity index is 1330. The van der Waals surface area contributed by atoms with E-state index in [4.69, 9.17) is 22.5 Å². The van der Waals surface area contributed by atoms with Gasteiger partial charge in [0.25, 0.3) is 16.0 Å². The van der Waals surface area contributed by atoms with Crippen LogP contribution in [-0.2, 0) is 14.9 Å². The molecule has 39 heavy (non-hydrogen) atoms. The zero-order chi connectivity index (χ0) is 28.0. The van der Waals surface area contributed by atoms with Crippen molar-refractivity contribution in [1.82, 2.24) is 4.90 Å². The Morgan fingerprint density at radius 2 is 1.72 bits per heavy atom. The van der Waals surface area contributed by atoms with Crippen LogP contribution in [0, 0.1) is 11.8 Å². The molecule has 0 spiro atoms. The van der Waals surface area contributed by atoms with E-state index in [9.17, 15) is 18.0 Å². The second-order valence-electron chi connectivity index (χ2n) is 9.98.